The molecule has 46 valence electrons. The molecule has 1 saturated carbocycles. The lowest BCUT2D eigenvalue weighted by atomic mass is 10.2. The highest BCUT2D eigenvalue weighted by Gasteiger charge is 2.43. The van der Waals surface area contributed by atoms with Crippen LogP contribution >= 0.6 is 0 Å². The summed E-state index contributed by atoms with van der Waals surface area (Å²) in [5.41, 5.74) is 0.866. The second-order valence-electron chi connectivity index (χ2n) is 2.93. The van der Waals surface area contributed by atoms with Crippen LogP contribution in [0.5, 0.6) is 0 Å². The molecule has 0 aromatic heterocycles. The van der Waals surface area contributed by atoms with Gasteiger partial charge in [0.25, 0.3) is 0 Å². The molecule has 1 rings (SSSR count). The normalized spacial score (nSPS) is 44.1. The van der Waals surface area contributed by atoms with Gasteiger partial charge in [-0.05, 0) is 18.8 Å². The Bertz CT molecular complexity index is 110. The van der Waals surface area contributed by atoms with Gasteiger partial charge in [0.1, 0.15) is 0 Å². The van der Waals surface area contributed by atoms with Crippen LogP contribution in [0.2, 0.25) is 0 Å². The fourth-order valence-corrected chi connectivity index (χ4v) is 1.45. The molecule has 0 spiro atoms. The Hall–Kier alpha value is -0.330. The van der Waals surface area contributed by atoms with Gasteiger partial charge in [0, 0.05) is 11.6 Å². The predicted octanol–water partition coefficient (Wildman–Crippen LogP) is 1.93. The quantitative estimate of drug-likeness (QED) is 0.500. The van der Waals surface area contributed by atoms with Crippen molar-refractivity contribution in [2.45, 2.75) is 20.8 Å². The lowest BCUT2D eigenvalue weighted by molar-refractivity contribution is 0.834. The Morgan fingerprint density at radius 3 is 1.62 bits per heavy atom. The highest BCUT2D eigenvalue weighted by molar-refractivity contribution is 5.84. The van der Waals surface area contributed by atoms with E-state index in [2.05, 4.69) is 13.8 Å². The fraction of sp³-hybridized carbons (Fsp3) is 0.857. The van der Waals surface area contributed by atoms with Crippen molar-refractivity contribution in [1.82, 2.24) is 0 Å². The maximum absolute atomic E-state index is 7.27. The Balaban J connectivity index is 2.44. The minimum Gasteiger partial charge on any atom is -0.310 e. The first-order chi connectivity index (χ1) is 3.64. The molecule has 0 aliphatic heterocycles. The van der Waals surface area contributed by atoms with E-state index in [-0.39, 0.29) is 0 Å². The number of rotatable bonds is 1. The lowest BCUT2D eigenvalue weighted by Crippen LogP contribution is -1.92. The van der Waals surface area contributed by atoms with E-state index in [1.54, 1.807) is 0 Å². The molecule has 0 amide bonds. The van der Waals surface area contributed by atoms with Crippen LogP contribution in [0, 0.1) is 23.2 Å². The summed E-state index contributed by atoms with van der Waals surface area (Å²) in [5.74, 6) is 2.19. The molecule has 1 aliphatic rings. The van der Waals surface area contributed by atoms with Crippen molar-refractivity contribution in [3.05, 3.63) is 0 Å². The Labute approximate surface area is 50.6 Å². The maximum Gasteiger partial charge on any atom is 0.00946 e. The highest BCUT2D eigenvalue weighted by Crippen LogP contribution is 2.45. The zero-order valence-electron chi connectivity index (χ0n) is 5.73. The topological polar surface area (TPSA) is 23.9 Å². The van der Waals surface area contributed by atoms with Gasteiger partial charge in [-0.25, -0.2) is 0 Å². The summed E-state index contributed by atoms with van der Waals surface area (Å²) in [6.45, 7) is 6.34. The SMILES string of the molecule is CC(=N)C1C(C)C1C. The summed E-state index contributed by atoms with van der Waals surface area (Å²) >= 11 is 0. The van der Waals surface area contributed by atoms with Gasteiger partial charge in [0.05, 0.1) is 0 Å². The zero-order chi connectivity index (χ0) is 6.31. The molecule has 1 heteroatoms. The molecule has 1 N–H and O–H groups in total. The van der Waals surface area contributed by atoms with Crippen LogP contribution in [0.3, 0.4) is 0 Å². The van der Waals surface area contributed by atoms with E-state index >= 15 is 0 Å². The Kier molecular flexibility index (Phi) is 1.14. The van der Waals surface area contributed by atoms with Gasteiger partial charge >= 0.3 is 0 Å². The van der Waals surface area contributed by atoms with Gasteiger partial charge in [0.15, 0.2) is 0 Å². The molecular formula is C7H13N. The van der Waals surface area contributed by atoms with Crippen molar-refractivity contribution in [2.24, 2.45) is 17.8 Å². The Morgan fingerprint density at radius 1 is 1.25 bits per heavy atom. The highest BCUT2D eigenvalue weighted by atomic mass is 14.6. The van der Waals surface area contributed by atoms with E-state index in [0.717, 1.165) is 17.5 Å². The van der Waals surface area contributed by atoms with Crippen LogP contribution in [0.15, 0.2) is 0 Å². The van der Waals surface area contributed by atoms with Crippen LogP contribution in [0.1, 0.15) is 20.8 Å². The van der Waals surface area contributed by atoms with E-state index in [1.165, 1.54) is 0 Å². The standard InChI is InChI=1S/C7H13N/c1-4-5(2)7(4)6(3)8/h4-5,7-8H,1-3H3. The number of hydrogen-bond acceptors (Lipinski definition) is 1. The summed E-state index contributed by atoms with van der Waals surface area (Å²) in [6.07, 6.45) is 0. The number of hydrogen-bond donors (Lipinski definition) is 1. The van der Waals surface area contributed by atoms with Gasteiger partial charge in [-0.1, -0.05) is 13.8 Å². The summed E-state index contributed by atoms with van der Waals surface area (Å²) in [7, 11) is 0. The maximum atomic E-state index is 7.27. The molecule has 0 bridgehead atoms. The van der Waals surface area contributed by atoms with E-state index in [9.17, 15) is 0 Å². The molecule has 8 heavy (non-hydrogen) atoms. The molecule has 0 aromatic rings. The monoisotopic (exact) mass is 111 g/mol. The first kappa shape index (κ1) is 5.80. The zero-order valence-corrected chi connectivity index (χ0v) is 5.73. The summed E-state index contributed by atoms with van der Waals surface area (Å²) in [4.78, 5) is 0. The third-order valence-corrected chi connectivity index (χ3v) is 2.32. The van der Waals surface area contributed by atoms with Crippen LogP contribution in [-0.4, -0.2) is 5.71 Å². The first-order valence-corrected chi connectivity index (χ1v) is 3.19. The molecule has 0 saturated heterocycles. The third-order valence-electron chi connectivity index (χ3n) is 2.32. The minimum atomic E-state index is 0.620. The lowest BCUT2D eigenvalue weighted by Gasteiger charge is -1.86. The molecule has 1 fully saturated rings. The first-order valence-electron chi connectivity index (χ1n) is 3.19. The van der Waals surface area contributed by atoms with Crippen molar-refractivity contribution in [3.63, 3.8) is 0 Å². The summed E-state index contributed by atoms with van der Waals surface area (Å²) in [5, 5.41) is 7.27. The molecule has 2 atom stereocenters. The van der Waals surface area contributed by atoms with E-state index in [1.807, 2.05) is 6.92 Å². The molecule has 0 heterocycles. The van der Waals surface area contributed by atoms with Gasteiger partial charge < -0.3 is 5.41 Å². The predicted molar refractivity (Wildman–Crippen MR) is 35.2 cm³/mol. The van der Waals surface area contributed by atoms with Crippen molar-refractivity contribution >= 4 is 5.71 Å². The van der Waals surface area contributed by atoms with Crippen molar-refractivity contribution in [3.8, 4) is 0 Å². The van der Waals surface area contributed by atoms with Gasteiger partial charge in [0.2, 0.25) is 0 Å². The van der Waals surface area contributed by atoms with E-state index < -0.39 is 0 Å². The molecule has 2 unspecified atom stereocenters. The largest absolute Gasteiger partial charge is 0.310 e. The molecular weight excluding hydrogens is 98.1 g/mol. The number of nitrogens with one attached hydrogen (secondary N) is 1. The molecule has 1 nitrogen and oxygen atoms in total. The van der Waals surface area contributed by atoms with E-state index in [0.29, 0.717) is 5.92 Å². The average Bonchev–Trinajstić information content (AvgIpc) is 2.15. The van der Waals surface area contributed by atoms with Gasteiger partial charge in [-0.3, -0.25) is 0 Å². The molecule has 1 aliphatic carbocycles. The van der Waals surface area contributed by atoms with Crippen LogP contribution in [0.25, 0.3) is 0 Å². The van der Waals surface area contributed by atoms with Crippen molar-refractivity contribution in [2.75, 3.05) is 0 Å². The summed E-state index contributed by atoms with van der Waals surface area (Å²) in [6, 6.07) is 0. The third kappa shape index (κ3) is 0.662. The van der Waals surface area contributed by atoms with Crippen LogP contribution in [-0.2, 0) is 0 Å². The smallest absolute Gasteiger partial charge is 0.00946 e. The van der Waals surface area contributed by atoms with Crippen molar-refractivity contribution < 1.29 is 0 Å². The fourth-order valence-electron chi connectivity index (χ4n) is 1.45. The molecule has 0 aromatic carbocycles. The van der Waals surface area contributed by atoms with Gasteiger partial charge in [-0.2, -0.15) is 0 Å². The molecule has 0 radical (unpaired) electrons. The van der Waals surface area contributed by atoms with E-state index in [4.69, 9.17) is 5.41 Å². The second-order valence-corrected chi connectivity index (χ2v) is 2.93. The Morgan fingerprint density at radius 2 is 1.62 bits per heavy atom. The average molecular weight is 111 g/mol. The van der Waals surface area contributed by atoms with Gasteiger partial charge in [-0.15, -0.1) is 0 Å². The summed E-state index contributed by atoms with van der Waals surface area (Å²) < 4.78 is 0. The van der Waals surface area contributed by atoms with Crippen LogP contribution in [0.4, 0.5) is 0 Å². The second kappa shape index (κ2) is 1.57. The minimum absolute atomic E-state index is 0.620. The van der Waals surface area contributed by atoms with Crippen molar-refractivity contribution in [1.29, 1.82) is 5.41 Å². The van der Waals surface area contributed by atoms with Crippen LogP contribution < -0.4 is 0 Å².